The molecular weight excluding hydrogens is 358 g/mol. The van der Waals surface area contributed by atoms with Gasteiger partial charge >= 0.3 is 11.8 Å². The molecule has 0 atom stereocenters. The lowest BCUT2D eigenvalue weighted by molar-refractivity contribution is -0.139. The van der Waals surface area contributed by atoms with Crippen LogP contribution in [0.25, 0.3) is 0 Å². The molecule has 2 amide bonds. The van der Waals surface area contributed by atoms with Crippen LogP contribution in [0.15, 0.2) is 66.3 Å². The smallest absolute Gasteiger partial charge is 0.329 e. The summed E-state index contributed by atoms with van der Waals surface area (Å²) < 4.78 is 11.1. The van der Waals surface area contributed by atoms with Crippen LogP contribution < -0.4 is 20.2 Å². The van der Waals surface area contributed by atoms with Crippen molar-refractivity contribution >= 4 is 18.0 Å². The molecule has 0 unspecified atom stereocenters. The molecule has 7 nitrogen and oxygen atoms in total. The third-order valence-corrected chi connectivity index (χ3v) is 3.51. The molecule has 2 rings (SSSR count). The number of hydrogen-bond donors (Lipinski definition) is 2. The van der Waals surface area contributed by atoms with Crippen LogP contribution >= 0.6 is 0 Å². The summed E-state index contributed by atoms with van der Waals surface area (Å²) in [7, 11) is 0. The largest absolute Gasteiger partial charge is 0.490 e. The molecule has 2 aromatic rings. The Labute approximate surface area is 164 Å². The van der Waals surface area contributed by atoms with Gasteiger partial charge in [-0.1, -0.05) is 43.0 Å². The van der Waals surface area contributed by atoms with Gasteiger partial charge in [0, 0.05) is 6.54 Å². The monoisotopic (exact) mass is 381 g/mol. The van der Waals surface area contributed by atoms with Gasteiger partial charge < -0.3 is 14.8 Å². The van der Waals surface area contributed by atoms with Gasteiger partial charge in [-0.2, -0.15) is 5.10 Å². The molecule has 0 aromatic heterocycles. The topological polar surface area (TPSA) is 89.0 Å². The van der Waals surface area contributed by atoms with E-state index in [2.05, 4.69) is 22.4 Å². The Morgan fingerprint density at radius 1 is 1.07 bits per heavy atom. The Hall–Kier alpha value is -3.61. The minimum Gasteiger partial charge on any atom is -0.490 e. The quantitative estimate of drug-likeness (QED) is 0.302. The second-order valence-corrected chi connectivity index (χ2v) is 5.61. The third-order valence-electron chi connectivity index (χ3n) is 3.51. The molecule has 2 N–H and O–H groups in total. The summed E-state index contributed by atoms with van der Waals surface area (Å²) in [6.07, 6.45) is 3.06. The maximum absolute atomic E-state index is 11.8. The lowest BCUT2D eigenvalue weighted by Crippen LogP contribution is -2.37. The van der Waals surface area contributed by atoms with Crippen molar-refractivity contribution in [1.29, 1.82) is 0 Å². The molecule has 146 valence electrons. The van der Waals surface area contributed by atoms with Crippen molar-refractivity contribution in [3.05, 3.63) is 72.3 Å². The van der Waals surface area contributed by atoms with E-state index in [4.69, 9.17) is 9.47 Å². The highest BCUT2D eigenvalue weighted by Crippen LogP contribution is 2.28. The normalized spacial score (nSPS) is 10.3. The fourth-order valence-corrected chi connectivity index (χ4v) is 2.22. The highest BCUT2D eigenvalue weighted by atomic mass is 16.5. The summed E-state index contributed by atoms with van der Waals surface area (Å²) in [5.74, 6) is -0.462. The highest BCUT2D eigenvalue weighted by Gasteiger charge is 2.12. The van der Waals surface area contributed by atoms with E-state index in [0.717, 1.165) is 5.56 Å². The molecule has 0 heterocycles. The van der Waals surface area contributed by atoms with Crippen LogP contribution in [0, 0.1) is 0 Å². The van der Waals surface area contributed by atoms with Crippen LogP contribution in [0.1, 0.15) is 18.1 Å². The number of nitrogens with one attached hydrogen (secondary N) is 2. The average molecular weight is 381 g/mol. The number of carbonyl (C=O) groups is 2. The Balaban J connectivity index is 1.89. The van der Waals surface area contributed by atoms with Gasteiger partial charge in [0.2, 0.25) is 0 Å². The predicted molar refractivity (Wildman–Crippen MR) is 107 cm³/mol. The van der Waals surface area contributed by atoms with Crippen molar-refractivity contribution in [1.82, 2.24) is 10.7 Å². The Morgan fingerprint density at radius 3 is 2.57 bits per heavy atom. The van der Waals surface area contributed by atoms with E-state index in [1.165, 1.54) is 6.21 Å². The zero-order valence-corrected chi connectivity index (χ0v) is 15.7. The number of ether oxygens (including phenoxy) is 2. The molecule has 0 aliphatic rings. The first-order valence-corrected chi connectivity index (χ1v) is 8.79. The van der Waals surface area contributed by atoms with Gasteiger partial charge in [0.25, 0.3) is 0 Å². The second kappa shape index (κ2) is 11.2. The van der Waals surface area contributed by atoms with Crippen LogP contribution in [0.2, 0.25) is 0 Å². The van der Waals surface area contributed by atoms with Crippen LogP contribution in [0.5, 0.6) is 11.5 Å². The van der Waals surface area contributed by atoms with Crippen molar-refractivity contribution in [2.75, 3.05) is 13.2 Å². The number of amides is 2. The number of benzene rings is 2. The van der Waals surface area contributed by atoms with Crippen LogP contribution in [0.4, 0.5) is 0 Å². The maximum atomic E-state index is 11.8. The molecule has 7 heteroatoms. The van der Waals surface area contributed by atoms with E-state index in [-0.39, 0.29) is 6.54 Å². The first-order valence-electron chi connectivity index (χ1n) is 8.79. The van der Waals surface area contributed by atoms with Gasteiger partial charge in [-0.3, -0.25) is 9.59 Å². The van der Waals surface area contributed by atoms with Crippen molar-refractivity contribution in [2.24, 2.45) is 5.10 Å². The summed E-state index contributed by atoms with van der Waals surface area (Å²) in [4.78, 5) is 23.6. The van der Waals surface area contributed by atoms with Crippen molar-refractivity contribution in [2.45, 2.75) is 13.5 Å². The molecule has 0 bridgehead atoms. The summed E-state index contributed by atoms with van der Waals surface area (Å²) in [6.45, 7) is 6.58. The average Bonchev–Trinajstić information content (AvgIpc) is 2.72. The molecule has 0 saturated carbocycles. The number of nitrogens with zero attached hydrogens (tertiary/aromatic N) is 1. The first-order chi connectivity index (χ1) is 13.6. The Morgan fingerprint density at radius 2 is 1.86 bits per heavy atom. The molecule has 0 spiro atoms. The van der Waals surface area contributed by atoms with Crippen molar-refractivity contribution in [3.8, 4) is 11.5 Å². The van der Waals surface area contributed by atoms with Gasteiger partial charge in [0.1, 0.15) is 6.61 Å². The van der Waals surface area contributed by atoms with Gasteiger partial charge in [0.15, 0.2) is 11.5 Å². The van der Waals surface area contributed by atoms with E-state index in [1.54, 1.807) is 24.3 Å². The molecule has 0 aliphatic carbocycles. The number of rotatable bonds is 9. The van der Waals surface area contributed by atoms with Crippen molar-refractivity contribution in [3.63, 3.8) is 0 Å². The molecule has 0 saturated heterocycles. The second-order valence-electron chi connectivity index (χ2n) is 5.61. The van der Waals surface area contributed by atoms with Gasteiger partial charge in [0.05, 0.1) is 12.8 Å². The first kappa shape index (κ1) is 20.7. The summed E-state index contributed by atoms with van der Waals surface area (Å²) in [5.41, 5.74) is 3.78. The van der Waals surface area contributed by atoms with Crippen LogP contribution in [0.3, 0.4) is 0 Å². The number of hydrogen-bond acceptors (Lipinski definition) is 5. The van der Waals surface area contributed by atoms with E-state index < -0.39 is 11.8 Å². The maximum Gasteiger partial charge on any atom is 0.329 e. The molecular formula is C21H23N3O4. The zero-order chi connectivity index (χ0) is 20.2. The van der Waals surface area contributed by atoms with Gasteiger partial charge in [-0.15, -0.1) is 0 Å². The number of carbonyl (C=O) groups excluding carboxylic acids is 2. The third kappa shape index (κ3) is 6.60. The van der Waals surface area contributed by atoms with E-state index in [1.807, 2.05) is 37.3 Å². The highest BCUT2D eigenvalue weighted by molar-refractivity contribution is 6.35. The van der Waals surface area contributed by atoms with E-state index >= 15 is 0 Å². The fraction of sp³-hybridized carbons (Fsp3) is 0.190. The lowest BCUT2D eigenvalue weighted by Gasteiger charge is -2.11. The Kier molecular flexibility index (Phi) is 8.26. The minimum atomic E-state index is -0.844. The molecule has 0 radical (unpaired) electrons. The molecule has 0 aliphatic heterocycles. The number of hydrazone groups is 1. The standard InChI is InChI=1S/C21H23N3O4/c1-3-12-28-18-11-10-17(13-19(18)27-4-2)15-23-24-21(26)20(25)22-14-16-8-6-5-7-9-16/h3,5-11,13,15H,1,4,12,14H2,2H3,(H,22,25)(H,24,26)/b23-15-. The lowest BCUT2D eigenvalue weighted by atomic mass is 10.2. The van der Waals surface area contributed by atoms with Crippen molar-refractivity contribution < 1.29 is 19.1 Å². The van der Waals surface area contributed by atoms with Crippen LogP contribution in [-0.4, -0.2) is 31.2 Å². The zero-order valence-electron chi connectivity index (χ0n) is 15.7. The SMILES string of the molecule is C=CCOc1ccc(/C=N\NC(=O)C(=O)NCc2ccccc2)cc1OCC. The molecule has 0 fully saturated rings. The fourth-order valence-electron chi connectivity index (χ4n) is 2.22. The van der Waals surface area contributed by atoms with Gasteiger partial charge in [-0.05, 0) is 36.2 Å². The summed E-state index contributed by atoms with van der Waals surface area (Å²) >= 11 is 0. The Bertz CT molecular complexity index is 835. The van der Waals surface area contributed by atoms with E-state index in [0.29, 0.717) is 30.3 Å². The van der Waals surface area contributed by atoms with E-state index in [9.17, 15) is 9.59 Å². The summed E-state index contributed by atoms with van der Waals surface area (Å²) in [5, 5.41) is 6.34. The predicted octanol–water partition coefficient (Wildman–Crippen LogP) is 2.42. The molecule has 2 aromatic carbocycles. The van der Waals surface area contributed by atoms with Gasteiger partial charge in [-0.25, -0.2) is 5.43 Å². The minimum absolute atomic E-state index is 0.265. The summed E-state index contributed by atoms with van der Waals surface area (Å²) in [6, 6.07) is 14.5. The molecule has 28 heavy (non-hydrogen) atoms. The van der Waals surface area contributed by atoms with Crippen LogP contribution in [-0.2, 0) is 16.1 Å².